The first-order valence-corrected chi connectivity index (χ1v) is 35.1. The van der Waals surface area contributed by atoms with Crippen LogP contribution in [-0.4, -0.2) is 199 Å². The number of methoxy groups -OCH3 is 1. The lowest BCUT2D eigenvalue weighted by Crippen LogP contribution is -2.55. The average Bonchev–Trinajstić information content (AvgIpc) is 1.62. The summed E-state index contributed by atoms with van der Waals surface area (Å²) in [6.07, 6.45) is 0.810. The van der Waals surface area contributed by atoms with Gasteiger partial charge in [-0.2, -0.15) is 8.42 Å². The number of carbonyl (C=O) groups excluding carboxylic acids is 9. The van der Waals surface area contributed by atoms with Crippen LogP contribution in [0.3, 0.4) is 0 Å². The van der Waals surface area contributed by atoms with Crippen LogP contribution < -0.4 is 42.0 Å². The van der Waals surface area contributed by atoms with E-state index >= 15 is 0 Å². The van der Waals surface area contributed by atoms with Crippen molar-refractivity contribution in [1.29, 1.82) is 0 Å². The summed E-state index contributed by atoms with van der Waals surface area (Å²) < 4.78 is 75.4. The van der Waals surface area contributed by atoms with E-state index in [1.807, 2.05) is 32.9 Å². The van der Waals surface area contributed by atoms with Gasteiger partial charge in [0, 0.05) is 70.6 Å². The van der Waals surface area contributed by atoms with Crippen LogP contribution in [-0.2, 0) is 104 Å². The highest BCUT2D eigenvalue weighted by Crippen LogP contribution is 2.45. The number of esters is 2. The number of hydrogen-bond donors (Lipinski definition) is 9. The number of rotatable bonds is 42. The summed E-state index contributed by atoms with van der Waals surface area (Å²) in [6.45, 7) is 13.9. The number of cyclic esters (lactones) is 2. The van der Waals surface area contributed by atoms with Crippen molar-refractivity contribution in [2.24, 2.45) is 23.2 Å². The molecule has 2 aliphatic heterocycles. The van der Waals surface area contributed by atoms with E-state index < -0.39 is 129 Å². The van der Waals surface area contributed by atoms with Gasteiger partial charge in [-0.3, -0.25) is 47.7 Å². The van der Waals surface area contributed by atoms with Gasteiger partial charge in [-0.15, -0.1) is 0 Å². The minimum Gasteiger partial charge on any atom is -0.495 e. The quantitative estimate of drug-likeness (QED) is 0.0198. The van der Waals surface area contributed by atoms with Gasteiger partial charge in [-0.1, -0.05) is 82.6 Å². The fourth-order valence-electron chi connectivity index (χ4n) is 9.96. The van der Waals surface area contributed by atoms with Crippen molar-refractivity contribution in [2.45, 2.75) is 168 Å². The molecule has 1 saturated heterocycles. The maximum Gasteiger partial charge on any atom is 0.347 e. The highest BCUT2D eigenvalue weighted by atomic mass is 35.5. The molecular formula is C67H100ClN7O22S. The molecule has 0 aliphatic carbocycles. The number of unbranched alkanes of at least 4 members (excludes halogenated alkanes) is 1. The Morgan fingerprint density at radius 1 is 0.735 bits per heavy atom. The molecule has 4 rings (SSSR count). The third-order valence-corrected chi connectivity index (χ3v) is 16.7. The molecule has 31 heteroatoms. The van der Waals surface area contributed by atoms with Crippen LogP contribution in [0.15, 0.2) is 54.6 Å². The number of carboxylic acid groups (broad SMARTS) is 1. The molecule has 0 bridgehead atoms. The number of aliphatic carboxylic acids is 1. The third-order valence-electron chi connectivity index (χ3n) is 15.7. The number of epoxide rings is 1. The number of carboxylic acids is 1. The molecule has 0 radical (unpaired) electrons. The predicted molar refractivity (Wildman–Crippen MR) is 357 cm³/mol. The van der Waals surface area contributed by atoms with Gasteiger partial charge in [0.25, 0.3) is 10.1 Å². The van der Waals surface area contributed by atoms with E-state index in [4.69, 9.17) is 59.2 Å². The summed E-state index contributed by atoms with van der Waals surface area (Å²) >= 11 is 6.40. The molecule has 2 aromatic carbocycles. The number of halogens is 1. The lowest BCUT2D eigenvalue weighted by atomic mass is 9.92. The van der Waals surface area contributed by atoms with Gasteiger partial charge >= 0.3 is 17.9 Å². The molecule has 0 unspecified atom stereocenters. The van der Waals surface area contributed by atoms with Gasteiger partial charge in [-0.25, -0.2) is 4.79 Å². The zero-order valence-electron chi connectivity index (χ0n) is 57.3. The molecule has 8 atom stereocenters. The van der Waals surface area contributed by atoms with Crippen LogP contribution in [0, 0.1) is 23.2 Å². The highest BCUT2D eigenvalue weighted by Gasteiger charge is 2.48. The topological polar surface area (TPSA) is 407 Å². The Bertz CT molecular complexity index is 3080. The average molecular weight is 1420 g/mol. The second-order valence-corrected chi connectivity index (χ2v) is 27.3. The Hall–Kier alpha value is -7.32. The van der Waals surface area contributed by atoms with Gasteiger partial charge in [0.15, 0.2) is 6.10 Å². The Morgan fingerprint density at radius 2 is 1.35 bits per heavy atom. The van der Waals surface area contributed by atoms with E-state index in [1.165, 1.54) is 13.2 Å². The van der Waals surface area contributed by atoms with E-state index in [1.54, 1.807) is 64.1 Å². The second kappa shape index (κ2) is 43.3. The van der Waals surface area contributed by atoms with E-state index in [0.29, 0.717) is 34.7 Å². The molecule has 29 nitrogen and oxygen atoms in total. The Morgan fingerprint density at radius 3 is 1.93 bits per heavy atom. The van der Waals surface area contributed by atoms with Crippen molar-refractivity contribution in [3.05, 3.63) is 76.3 Å². The Labute approximate surface area is 578 Å². The maximum atomic E-state index is 14.1. The van der Waals surface area contributed by atoms with Gasteiger partial charge < -0.3 is 80.2 Å². The molecule has 2 heterocycles. The summed E-state index contributed by atoms with van der Waals surface area (Å²) in [4.78, 5) is 131. The van der Waals surface area contributed by atoms with Gasteiger partial charge in [0.2, 0.25) is 41.4 Å². The summed E-state index contributed by atoms with van der Waals surface area (Å²) in [7, 11) is -2.68. The van der Waals surface area contributed by atoms with Crippen LogP contribution >= 0.6 is 11.6 Å². The van der Waals surface area contributed by atoms with Gasteiger partial charge in [0.05, 0.1) is 82.3 Å². The lowest BCUT2D eigenvalue weighted by molar-refractivity contribution is -0.179. The SMILES string of the molecule is COc1ccc(C[C@H]2NC(=O)/C=C\C[C@@H]([C@H](C)[C@H]3O[C@@H]3c3ccc(CNC(=O)[C@H](CCCCNC(=O)CCOCCOCCOCCOCCC(=O)NCCS(=O)(=O)O)NC(=O)[C@@H](NC(=O)CCCC(=O)O)C(C)C)cc3)OC(=O)[C@H](CC(C)C)OC(=O)C(C)(C)CNC2=O)cc1Cl. The predicted octanol–water partition coefficient (Wildman–Crippen LogP) is 3.76. The number of hydrogen-bond acceptors (Lipinski definition) is 20. The van der Waals surface area contributed by atoms with Crippen molar-refractivity contribution < 1.29 is 104 Å². The Balaban J connectivity index is 1.32. The van der Waals surface area contributed by atoms with Crippen molar-refractivity contribution in [3.63, 3.8) is 0 Å². The zero-order chi connectivity index (χ0) is 72.4. The first-order chi connectivity index (χ1) is 46.5. The Kier molecular flexibility index (Phi) is 36.7. The zero-order valence-corrected chi connectivity index (χ0v) is 58.9. The van der Waals surface area contributed by atoms with E-state index in [2.05, 4.69) is 37.2 Å². The van der Waals surface area contributed by atoms with E-state index in [0.717, 1.165) is 5.56 Å². The molecule has 2 aliphatic rings. The van der Waals surface area contributed by atoms with Gasteiger partial charge in [-0.05, 0) is 92.7 Å². The largest absolute Gasteiger partial charge is 0.495 e. The molecule has 9 N–H and O–H groups in total. The van der Waals surface area contributed by atoms with Crippen LogP contribution in [0.2, 0.25) is 5.02 Å². The first-order valence-electron chi connectivity index (χ1n) is 33.1. The van der Waals surface area contributed by atoms with E-state index in [9.17, 15) is 56.4 Å². The number of carbonyl (C=O) groups is 10. The summed E-state index contributed by atoms with van der Waals surface area (Å²) in [6, 6.07) is 9.10. The van der Waals surface area contributed by atoms with Crippen molar-refractivity contribution >= 4 is 81.0 Å². The fraction of sp³-hybridized carbons (Fsp3) is 0.642. The third kappa shape index (κ3) is 32.6. The highest BCUT2D eigenvalue weighted by molar-refractivity contribution is 7.85. The molecule has 0 aromatic heterocycles. The second-order valence-electron chi connectivity index (χ2n) is 25.3. The number of nitrogens with one attached hydrogen (secondary N) is 7. The normalized spacial score (nSPS) is 19.5. The monoisotopic (exact) mass is 1420 g/mol. The molecule has 98 heavy (non-hydrogen) atoms. The molecule has 0 spiro atoms. The maximum absolute atomic E-state index is 14.1. The molecule has 0 saturated carbocycles. The van der Waals surface area contributed by atoms with Gasteiger partial charge in [0.1, 0.15) is 36.1 Å². The lowest BCUT2D eigenvalue weighted by Gasteiger charge is -2.29. The summed E-state index contributed by atoms with van der Waals surface area (Å²) in [5.74, 6) is -7.16. The minimum absolute atomic E-state index is 0.0166. The smallest absolute Gasteiger partial charge is 0.347 e. The van der Waals surface area contributed by atoms with Crippen molar-refractivity contribution in [3.8, 4) is 5.75 Å². The molecule has 548 valence electrons. The van der Waals surface area contributed by atoms with Crippen molar-refractivity contribution in [2.75, 3.05) is 85.4 Å². The molecule has 7 amide bonds. The van der Waals surface area contributed by atoms with Crippen LogP contribution in [0.5, 0.6) is 5.75 Å². The minimum atomic E-state index is -4.16. The standard InChI is InChI=1S/C67H100ClN7O22S/c1-42(2)37-53-65(85)95-51(14-11-15-56(78)73-50(39-46-20-23-52(90-8)48(68)38-46)63(83)72-41-67(6,7)66(86)96-53)44(5)60-61(97-60)47-21-18-45(19-22-47)40-71-62(82)49(74-64(84)59(43(3)4)75-57(79)16-12-17-58(80)81)13-9-10-26-69-54(76)24-28-91-30-32-93-34-35-94-33-31-92-29-25-55(77)70-27-36-98(87,88)89/h11,15,18-23,38,42-44,49-51,53,59-61H,9-10,12-14,16-17,24-37,39-41H2,1-8H3,(H,69,76)(H,70,77)(H,71,82)(H,72,83)(H,73,78)(H,74,84)(H,75,79)(H,80,81)(H,87,88,89)/b15-11-/t44-,49-,50+,51-,53-,59-,60+,61+/m0/s1. The number of benzene rings is 2. The van der Waals surface area contributed by atoms with Crippen molar-refractivity contribution in [1.82, 2.24) is 37.2 Å². The summed E-state index contributed by atoms with van der Waals surface area (Å²) in [5.41, 5.74) is 0.803. The number of ether oxygens (including phenoxy) is 8. The molecule has 1 fully saturated rings. The first kappa shape index (κ1) is 83.1. The number of amides is 7. The molecule has 2 aromatic rings. The van der Waals surface area contributed by atoms with Crippen LogP contribution in [0.4, 0.5) is 0 Å². The fourth-order valence-corrected chi connectivity index (χ4v) is 10.6. The summed E-state index contributed by atoms with van der Waals surface area (Å²) in [5, 5.41) is 28.5. The van der Waals surface area contributed by atoms with Crippen LogP contribution in [0.1, 0.15) is 135 Å². The van der Waals surface area contributed by atoms with E-state index in [-0.39, 0.29) is 149 Å². The molecular weight excluding hydrogens is 1320 g/mol. The van der Waals surface area contributed by atoms with Crippen LogP contribution in [0.25, 0.3) is 0 Å².